The second-order valence-corrected chi connectivity index (χ2v) is 10.4. The van der Waals surface area contributed by atoms with Gasteiger partial charge in [0, 0.05) is 41.1 Å². The van der Waals surface area contributed by atoms with Crippen LogP contribution in [0, 0.1) is 0 Å². The minimum absolute atomic E-state index is 0.0554. The average Bonchev–Trinajstić information content (AvgIpc) is 3.56. The second-order valence-electron chi connectivity index (χ2n) is 9.43. The number of amides is 1. The number of anilines is 2. The van der Waals surface area contributed by atoms with Gasteiger partial charge in [0.1, 0.15) is 5.69 Å². The first-order chi connectivity index (χ1) is 18.6. The van der Waals surface area contributed by atoms with Gasteiger partial charge in [-0.05, 0) is 73.0 Å². The van der Waals surface area contributed by atoms with Crippen LogP contribution in [-0.2, 0) is 0 Å². The summed E-state index contributed by atoms with van der Waals surface area (Å²) in [6.07, 6.45) is 5.10. The zero-order valence-corrected chi connectivity index (χ0v) is 21.7. The third kappa shape index (κ3) is 4.76. The Bertz CT molecular complexity index is 1680. The van der Waals surface area contributed by atoms with Crippen molar-refractivity contribution in [3.8, 4) is 11.4 Å². The molecule has 1 saturated carbocycles. The molecule has 0 bridgehead atoms. The number of hydrogen-bond acceptors (Lipinski definition) is 7. The minimum Gasteiger partial charge on any atom is -0.351 e. The summed E-state index contributed by atoms with van der Waals surface area (Å²) in [5, 5.41) is 13.2. The molecule has 1 aliphatic carbocycles. The van der Waals surface area contributed by atoms with Crippen molar-refractivity contribution in [3.63, 3.8) is 0 Å². The summed E-state index contributed by atoms with van der Waals surface area (Å²) in [7, 11) is 0. The van der Waals surface area contributed by atoms with Gasteiger partial charge < -0.3 is 15.6 Å². The van der Waals surface area contributed by atoms with Crippen molar-refractivity contribution in [2.45, 2.75) is 32.2 Å². The van der Waals surface area contributed by atoms with Gasteiger partial charge in [-0.2, -0.15) is 5.10 Å². The first kappa shape index (κ1) is 23.9. The van der Waals surface area contributed by atoms with E-state index in [4.69, 9.17) is 9.97 Å². The summed E-state index contributed by atoms with van der Waals surface area (Å²) < 4.78 is 0.992. The third-order valence-corrected chi connectivity index (χ3v) is 7.75. The van der Waals surface area contributed by atoms with Crippen molar-refractivity contribution in [1.82, 2.24) is 25.7 Å². The smallest absolute Gasteiger partial charge is 0.267 e. The Labute approximate surface area is 223 Å². The van der Waals surface area contributed by atoms with Crippen LogP contribution in [0.5, 0.6) is 0 Å². The number of thiophene rings is 1. The van der Waals surface area contributed by atoms with E-state index < -0.39 is 0 Å². The summed E-state index contributed by atoms with van der Waals surface area (Å²) in [5.74, 6) is 1.32. The molecule has 4 N–H and O–H groups in total. The van der Waals surface area contributed by atoms with Crippen molar-refractivity contribution < 1.29 is 4.79 Å². The number of fused-ring (bicyclic) bond motifs is 2. The number of hydrazone groups is 1. The average molecular weight is 522 g/mol. The van der Waals surface area contributed by atoms with Crippen molar-refractivity contribution >= 4 is 62.2 Å². The van der Waals surface area contributed by atoms with Crippen LogP contribution in [0.1, 0.15) is 42.2 Å². The maximum absolute atomic E-state index is 12.6. The van der Waals surface area contributed by atoms with Crippen molar-refractivity contribution in [2.75, 3.05) is 5.32 Å². The molecular weight excluding hydrogens is 494 g/mol. The topological polar surface area (TPSA) is 107 Å². The lowest BCUT2D eigenvalue weighted by Crippen LogP contribution is -2.39. The molecule has 8 nitrogen and oxygen atoms in total. The van der Waals surface area contributed by atoms with E-state index in [0.29, 0.717) is 17.6 Å². The molecule has 6 rings (SSSR count). The molecular formula is C29H27N7OS. The summed E-state index contributed by atoms with van der Waals surface area (Å²) in [4.78, 5) is 25.6. The van der Waals surface area contributed by atoms with Gasteiger partial charge in [-0.15, -0.1) is 11.3 Å². The first-order valence-corrected chi connectivity index (χ1v) is 13.4. The molecule has 0 saturated heterocycles. The van der Waals surface area contributed by atoms with Crippen LogP contribution in [0.2, 0.25) is 0 Å². The van der Waals surface area contributed by atoms with E-state index >= 15 is 0 Å². The molecule has 0 atom stereocenters. The molecule has 0 aliphatic heterocycles. The number of aromatic nitrogens is 3. The molecule has 9 heteroatoms. The van der Waals surface area contributed by atoms with Crippen LogP contribution in [0.4, 0.5) is 11.5 Å². The Kier molecular flexibility index (Phi) is 6.35. The highest BCUT2D eigenvalue weighted by Gasteiger charge is 2.21. The summed E-state index contributed by atoms with van der Waals surface area (Å²) in [6.45, 7) is 5.44. The van der Waals surface area contributed by atoms with E-state index in [0.717, 1.165) is 62.2 Å². The third-order valence-electron chi connectivity index (χ3n) is 6.84. The molecule has 0 radical (unpaired) electrons. The van der Waals surface area contributed by atoms with Gasteiger partial charge in [0.2, 0.25) is 0 Å². The Morgan fingerprint density at radius 2 is 1.97 bits per heavy atom. The quantitative estimate of drug-likeness (QED) is 0.139. The summed E-state index contributed by atoms with van der Waals surface area (Å²) in [5.41, 5.74) is 9.04. The zero-order valence-electron chi connectivity index (χ0n) is 20.9. The van der Waals surface area contributed by atoms with Gasteiger partial charge in [-0.3, -0.25) is 10.2 Å². The maximum Gasteiger partial charge on any atom is 0.267 e. The highest BCUT2D eigenvalue weighted by Crippen LogP contribution is 2.32. The van der Waals surface area contributed by atoms with Crippen LogP contribution in [0.15, 0.2) is 71.3 Å². The minimum atomic E-state index is -0.0554. The van der Waals surface area contributed by atoms with Crippen LogP contribution < -0.4 is 16.1 Å². The van der Waals surface area contributed by atoms with Gasteiger partial charge in [-0.25, -0.2) is 9.97 Å². The maximum atomic E-state index is 12.6. The molecule has 1 amide bonds. The van der Waals surface area contributed by atoms with E-state index in [9.17, 15) is 4.79 Å². The van der Waals surface area contributed by atoms with Crippen LogP contribution in [-0.4, -0.2) is 33.6 Å². The fourth-order valence-corrected chi connectivity index (χ4v) is 5.24. The van der Waals surface area contributed by atoms with Gasteiger partial charge in [-0.1, -0.05) is 24.3 Å². The number of hydrogen-bond donors (Lipinski definition) is 4. The van der Waals surface area contributed by atoms with Gasteiger partial charge in [0.15, 0.2) is 11.6 Å². The van der Waals surface area contributed by atoms with Crippen molar-refractivity contribution in [2.24, 2.45) is 5.10 Å². The first-order valence-electron chi connectivity index (χ1n) is 12.5. The zero-order chi connectivity index (χ0) is 26.1. The van der Waals surface area contributed by atoms with E-state index in [1.807, 2.05) is 73.1 Å². The number of allylic oxidation sites excluding steroid dienone is 1. The Morgan fingerprint density at radius 3 is 2.74 bits per heavy atom. The molecule has 5 aromatic rings. The molecule has 38 heavy (non-hydrogen) atoms. The van der Waals surface area contributed by atoms with E-state index in [-0.39, 0.29) is 5.91 Å². The number of nitrogens with one attached hydrogen (secondary N) is 4. The number of H-pyrrole nitrogens is 1. The fraction of sp³-hybridized carbons (Fsp3) is 0.172. The van der Waals surface area contributed by atoms with E-state index in [1.54, 1.807) is 11.3 Å². The number of carbonyl (C=O) groups is 1. The highest BCUT2D eigenvalue weighted by molar-refractivity contribution is 7.17. The molecule has 1 aliphatic rings. The van der Waals surface area contributed by atoms with Gasteiger partial charge in [0.05, 0.1) is 10.2 Å². The van der Waals surface area contributed by atoms with E-state index in [1.165, 1.54) is 6.42 Å². The molecule has 0 unspecified atom stereocenters. The molecule has 3 aromatic heterocycles. The fourth-order valence-electron chi connectivity index (χ4n) is 4.46. The largest absolute Gasteiger partial charge is 0.351 e. The number of rotatable bonds is 8. The SMILES string of the molecule is C=NN/C=C(\C)c1ccc(Nc2nc(-c3ccc4cc(C(=O)NC5CCC5)[nH]c4c3)nc3ccsc23)cc1. The molecule has 1 fully saturated rings. The standard InChI is InChI=1S/C29H27N7OS/c1-17(16-31-30-2)18-8-10-22(11-9-18)32-28-26-23(12-13-38-26)35-27(36-28)20-7-6-19-14-25(34-24(19)15-20)29(37)33-21-4-3-5-21/h6-16,21,31,34H,2-5H2,1H3,(H,33,37)(H,32,35,36)/b17-16+. The Hall–Kier alpha value is -4.50. The van der Waals surface area contributed by atoms with Crippen molar-refractivity contribution in [1.29, 1.82) is 0 Å². The highest BCUT2D eigenvalue weighted by atomic mass is 32.1. The lowest BCUT2D eigenvalue weighted by atomic mass is 9.93. The molecule has 0 spiro atoms. The van der Waals surface area contributed by atoms with E-state index in [2.05, 4.69) is 32.9 Å². The predicted molar refractivity (Wildman–Crippen MR) is 156 cm³/mol. The lowest BCUT2D eigenvalue weighted by molar-refractivity contribution is 0.0912. The number of nitrogens with zero attached hydrogens (tertiary/aromatic N) is 3. The van der Waals surface area contributed by atoms with Crippen LogP contribution in [0.25, 0.3) is 38.1 Å². The number of benzene rings is 2. The number of aromatic amines is 1. The van der Waals surface area contributed by atoms with Gasteiger partial charge in [0.25, 0.3) is 5.91 Å². The van der Waals surface area contributed by atoms with Crippen LogP contribution >= 0.6 is 11.3 Å². The van der Waals surface area contributed by atoms with Crippen LogP contribution in [0.3, 0.4) is 0 Å². The molecule has 2 aromatic carbocycles. The summed E-state index contributed by atoms with van der Waals surface area (Å²) in [6, 6.07) is 18.3. The Balaban J connectivity index is 1.29. The second kappa shape index (κ2) is 10.1. The molecule has 190 valence electrons. The monoisotopic (exact) mass is 521 g/mol. The number of carbonyl (C=O) groups excluding carboxylic acids is 1. The molecule has 3 heterocycles. The predicted octanol–water partition coefficient (Wildman–Crippen LogP) is 6.43. The Morgan fingerprint density at radius 1 is 1.13 bits per heavy atom. The summed E-state index contributed by atoms with van der Waals surface area (Å²) >= 11 is 1.60. The van der Waals surface area contributed by atoms with Crippen molar-refractivity contribution in [3.05, 3.63) is 77.4 Å². The lowest BCUT2D eigenvalue weighted by Gasteiger charge is -2.25. The van der Waals surface area contributed by atoms with Gasteiger partial charge >= 0.3 is 0 Å². The normalized spacial score (nSPS) is 13.9.